The standard InChI is InChI=1S/C26H45NO8S.CH4/c1-5-6-7-8-9-10-11-12-13-14-16-22(35-26(28)27-17-15-18-36(29,30)31)21-19-23(32-2)25(34-4)24(20-21)33-3;/h19-20,22H,5-18H2,1-4H3,(H,27,28)(H,29,30,31);1H4. The first-order valence-corrected chi connectivity index (χ1v) is 14.6. The van der Waals surface area contributed by atoms with Crippen LogP contribution >= 0.6 is 0 Å². The van der Waals surface area contributed by atoms with E-state index in [1.165, 1.54) is 66.3 Å². The van der Waals surface area contributed by atoms with Gasteiger partial charge < -0.3 is 24.3 Å². The van der Waals surface area contributed by atoms with Crippen molar-refractivity contribution in [1.82, 2.24) is 5.32 Å². The first-order chi connectivity index (χ1) is 17.3. The van der Waals surface area contributed by atoms with E-state index in [4.69, 9.17) is 23.5 Å². The van der Waals surface area contributed by atoms with Gasteiger partial charge in [0, 0.05) is 12.1 Å². The highest BCUT2D eigenvalue weighted by atomic mass is 32.2. The lowest BCUT2D eigenvalue weighted by molar-refractivity contribution is 0.0904. The Morgan fingerprint density at radius 1 is 0.865 bits per heavy atom. The summed E-state index contributed by atoms with van der Waals surface area (Å²) in [6, 6.07) is 3.54. The van der Waals surface area contributed by atoms with E-state index in [9.17, 15) is 13.2 Å². The summed E-state index contributed by atoms with van der Waals surface area (Å²) >= 11 is 0. The molecule has 0 aliphatic heterocycles. The van der Waals surface area contributed by atoms with E-state index in [-0.39, 0.29) is 20.4 Å². The molecule has 0 saturated heterocycles. The summed E-state index contributed by atoms with van der Waals surface area (Å²) in [6.45, 7) is 2.29. The van der Waals surface area contributed by atoms with Gasteiger partial charge in [-0.3, -0.25) is 4.55 Å². The lowest BCUT2D eigenvalue weighted by atomic mass is 10.0. The van der Waals surface area contributed by atoms with Crippen LogP contribution in [0.1, 0.15) is 103 Å². The van der Waals surface area contributed by atoms with Gasteiger partial charge in [0.05, 0.1) is 27.1 Å². The molecule has 0 fully saturated rings. The van der Waals surface area contributed by atoms with Crippen LogP contribution < -0.4 is 19.5 Å². The first kappa shape index (κ1) is 34.8. The number of hydrogen-bond donors (Lipinski definition) is 2. The molecule has 10 heteroatoms. The summed E-state index contributed by atoms with van der Waals surface area (Å²) in [7, 11) is 0.514. The molecule has 1 aromatic carbocycles. The zero-order chi connectivity index (χ0) is 26.8. The predicted octanol–water partition coefficient (Wildman–Crippen LogP) is 6.70. The number of benzene rings is 1. The largest absolute Gasteiger partial charge is 0.493 e. The van der Waals surface area contributed by atoms with Crippen LogP contribution in [-0.4, -0.2) is 52.7 Å². The molecule has 2 N–H and O–H groups in total. The number of hydrogen-bond acceptors (Lipinski definition) is 7. The number of rotatable bonds is 20. The summed E-state index contributed by atoms with van der Waals surface area (Å²) < 4.78 is 52.6. The number of unbranched alkanes of at least 4 members (excludes halogenated alkanes) is 9. The molecule has 216 valence electrons. The minimum atomic E-state index is -4.07. The molecule has 1 unspecified atom stereocenters. The molecule has 0 aromatic heterocycles. The van der Waals surface area contributed by atoms with E-state index in [0.717, 1.165) is 19.3 Å². The van der Waals surface area contributed by atoms with Crippen LogP contribution in [0.15, 0.2) is 12.1 Å². The normalized spacial score (nSPS) is 11.8. The van der Waals surface area contributed by atoms with Crippen LogP contribution in [0.4, 0.5) is 4.79 Å². The van der Waals surface area contributed by atoms with Crippen molar-refractivity contribution in [2.24, 2.45) is 0 Å². The Morgan fingerprint density at radius 3 is 1.84 bits per heavy atom. The maximum atomic E-state index is 12.4. The molecule has 37 heavy (non-hydrogen) atoms. The summed E-state index contributed by atoms with van der Waals surface area (Å²) in [6.07, 6.45) is 11.5. The molecule has 1 atom stereocenters. The smallest absolute Gasteiger partial charge is 0.407 e. The van der Waals surface area contributed by atoms with E-state index in [1.54, 1.807) is 12.1 Å². The molecule has 1 aromatic rings. The predicted molar refractivity (Wildman–Crippen MR) is 148 cm³/mol. The van der Waals surface area contributed by atoms with E-state index in [0.29, 0.717) is 29.2 Å². The number of methoxy groups -OCH3 is 3. The molecule has 0 radical (unpaired) electrons. The average molecular weight is 548 g/mol. The summed E-state index contributed by atoms with van der Waals surface area (Å²) in [5.74, 6) is 0.965. The molecule has 1 amide bonds. The Labute approximate surface area is 224 Å². The molecule has 0 aliphatic carbocycles. The number of nitrogens with one attached hydrogen (secondary N) is 1. The lowest BCUT2D eigenvalue weighted by Gasteiger charge is -2.21. The summed E-state index contributed by atoms with van der Waals surface area (Å²) in [5, 5.41) is 2.55. The van der Waals surface area contributed by atoms with Crippen LogP contribution in [0.5, 0.6) is 17.2 Å². The Bertz CT molecular complexity index is 835. The van der Waals surface area contributed by atoms with Gasteiger partial charge in [-0.1, -0.05) is 72.1 Å². The minimum Gasteiger partial charge on any atom is -0.493 e. The van der Waals surface area contributed by atoms with Gasteiger partial charge in [0.25, 0.3) is 10.1 Å². The lowest BCUT2D eigenvalue weighted by Crippen LogP contribution is -2.28. The number of carbonyl (C=O) groups excluding carboxylic acids is 1. The van der Waals surface area contributed by atoms with Gasteiger partial charge >= 0.3 is 6.09 Å². The van der Waals surface area contributed by atoms with Crippen molar-refractivity contribution < 1.29 is 36.7 Å². The zero-order valence-corrected chi connectivity index (χ0v) is 23.2. The maximum Gasteiger partial charge on any atom is 0.407 e. The van der Waals surface area contributed by atoms with Gasteiger partial charge in [0.15, 0.2) is 11.5 Å². The maximum absolute atomic E-state index is 12.4. The van der Waals surface area contributed by atoms with Crippen LogP contribution in [0, 0.1) is 0 Å². The summed E-state index contributed by atoms with van der Waals surface area (Å²) in [4.78, 5) is 12.4. The highest BCUT2D eigenvalue weighted by Gasteiger charge is 2.22. The zero-order valence-electron chi connectivity index (χ0n) is 22.3. The summed E-state index contributed by atoms with van der Waals surface area (Å²) in [5.41, 5.74) is 0.716. The van der Waals surface area contributed by atoms with Crippen molar-refractivity contribution in [1.29, 1.82) is 0 Å². The highest BCUT2D eigenvalue weighted by molar-refractivity contribution is 7.85. The van der Waals surface area contributed by atoms with Crippen molar-refractivity contribution >= 4 is 16.2 Å². The quantitative estimate of drug-likeness (QED) is 0.137. The van der Waals surface area contributed by atoms with E-state index >= 15 is 0 Å². The van der Waals surface area contributed by atoms with Gasteiger partial charge in [-0.05, 0) is 31.4 Å². The Kier molecular flexibility index (Phi) is 18.7. The number of ether oxygens (including phenoxy) is 4. The monoisotopic (exact) mass is 547 g/mol. The molecule has 0 bridgehead atoms. The van der Waals surface area contributed by atoms with E-state index in [1.807, 2.05) is 0 Å². The molecule has 0 aliphatic rings. The van der Waals surface area contributed by atoms with E-state index in [2.05, 4.69) is 12.2 Å². The second kappa shape index (κ2) is 19.9. The van der Waals surface area contributed by atoms with E-state index < -0.39 is 28.1 Å². The fourth-order valence-electron chi connectivity index (χ4n) is 4.01. The Balaban J connectivity index is 0.0000130. The SMILES string of the molecule is C.CCCCCCCCCCCCC(OC(=O)NCCCS(=O)(=O)O)c1cc(OC)c(OC)c(OC)c1. The topological polar surface area (TPSA) is 120 Å². The molecule has 1 rings (SSSR count). The van der Waals surface area contributed by atoms with Gasteiger partial charge in [-0.25, -0.2) is 4.79 Å². The fraction of sp³-hybridized carbons (Fsp3) is 0.741. The molecule has 0 heterocycles. The van der Waals surface area contributed by atoms with Crippen LogP contribution in [0.2, 0.25) is 0 Å². The van der Waals surface area contributed by atoms with Crippen molar-refractivity contribution in [3.05, 3.63) is 17.7 Å². The van der Waals surface area contributed by atoms with Crippen LogP contribution in [0.3, 0.4) is 0 Å². The molecular weight excluding hydrogens is 498 g/mol. The third-order valence-corrected chi connectivity index (χ3v) is 6.78. The second-order valence-electron chi connectivity index (χ2n) is 8.89. The van der Waals surface area contributed by atoms with Crippen molar-refractivity contribution in [2.75, 3.05) is 33.6 Å². The Hall–Kier alpha value is -2.20. The average Bonchev–Trinajstić information content (AvgIpc) is 2.85. The molecule has 0 saturated carbocycles. The third-order valence-electron chi connectivity index (χ3n) is 5.98. The van der Waals surface area contributed by atoms with Crippen LogP contribution in [0.25, 0.3) is 0 Å². The number of carbonyl (C=O) groups is 1. The van der Waals surface area contributed by atoms with Crippen molar-refractivity contribution in [3.63, 3.8) is 0 Å². The van der Waals surface area contributed by atoms with Crippen molar-refractivity contribution in [3.8, 4) is 17.2 Å². The molecule has 0 spiro atoms. The fourth-order valence-corrected chi connectivity index (χ4v) is 4.52. The number of alkyl carbamates (subject to hydrolysis) is 1. The van der Waals surface area contributed by atoms with Gasteiger partial charge in [-0.15, -0.1) is 0 Å². The minimum absolute atomic E-state index is 0. The molecular formula is C27H49NO8S. The second-order valence-corrected chi connectivity index (χ2v) is 10.5. The van der Waals surface area contributed by atoms with Gasteiger partial charge in [-0.2, -0.15) is 8.42 Å². The third kappa shape index (κ3) is 15.0. The Morgan fingerprint density at radius 2 is 1.38 bits per heavy atom. The van der Waals surface area contributed by atoms with Gasteiger partial charge in [0.1, 0.15) is 6.10 Å². The van der Waals surface area contributed by atoms with Crippen LogP contribution in [-0.2, 0) is 14.9 Å². The number of amides is 1. The molecule has 9 nitrogen and oxygen atoms in total. The first-order valence-electron chi connectivity index (χ1n) is 12.9. The van der Waals surface area contributed by atoms with Crippen molar-refractivity contribution in [2.45, 2.75) is 97.5 Å². The highest BCUT2D eigenvalue weighted by Crippen LogP contribution is 2.41. The van der Waals surface area contributed by atoms with Gasteiger partial charge in [0.2, 0.25) is 5.75 Å².